The first-order chi connectivity index (χ1) is 12.3. The zero-order valence-electron chi connectivity index (χ0n) is 13.9. The van der Waals surface area contributed by atoms with Crippen LogP contribution in [0.15, 0.2) is 53.8 Å². The molecule has 0 fully saturated rings. The van der Waals surface area contributed by atoms with E-state index in [4.69, 9.17) is 9.47 Å². The quantitative estimate of drug-likeness (QED) is 0.456. The Morgan fingerprint density at radius 2 is 2.04 bits per heavy atom. The molecular weight excluding hydrogens is 338 g/mol. The maximum atomic E-state index is 12.0. The van der Waals surface area contributed by atoms with Gasteiger partial charge in [0.2, 0.25) is 0 Å². The molecule has 0 amide bonds. The fourth-order valence-corrected chi connectivity index (χ4v) is 3.16. The number of pyridine rings is 1. The minimum atomic E-state index is -0.271. The first kappa shape index (κ1) is 17.4. The maximum absolute atomic E-state index is 12.0. The zero-order chi connectivity index (χ0) is 17.5. The summed E-state index contributed by atoms with van der Waals surface area (Å²) in [6, 6.07) is 13.4. The summed E-state index contributed by atoms with van der Waals surface area (Å²) >= 11 is 1.35. The lowest BCUT2D eigenvalue weighted by atomic mass is 10.2. The molecule has 0 bridgehead atoms. The smallest absolute Gasteiger partial charge is 0.316 e. The Morgan fingerprint density at radius 3 is 2.84 bits per heavy atom. The Morgan fingerprint density at radius 1 is 1.20 bits per heavy atom. The SMILES string of the molecule is COCCn1c(SCC(=O)OCc2ccccc2)nc2cccnc21. The molecule has 6 nitrogen and oxygen atoms in total. The highest BCUT2D eigenvalue weighted by atomic mass is 32.2. The summed E-state index contributed by atoms with van der Waals surface area (Å²) in [7, 11) is 1.65. The topological polar surface area (TPSA) is 66.2 Å². The second-order valence-corrected chi connectivity index (χ2v) is 6.26. The maximum Gasteiger partial charge on any atom is 0.316 e. The molecule has 0 aliphatic carbocycles. The number of rotatable bonds is 8. The van der Waals surface area contributed by atoms with Crippen LogP contribution in [0.1, 0.15) is 5.56 Å². The van der Waals surface area contributed by atoms with E-state index in [0.29, 0.717) is 13.2 Å². The van der Waals surface area contributed by atoms with E-state index >= 15 is 0 Å². The lowest BCUT2D eigenvalue weighted by molar-refractivity contribution is -0.141. The number of nitrogens with zero attached hydrogens (tertiary/aromatic N) is 3. The van der Waals surface area contributed by atoms with Gasteiger partial charge in [0.25, 0.3) is 0 Å². The summed E-state index contributed by atoms with van der Waals surface area (Å²) in [5.74, 6) is -0.0736. The monoisotopic (exact) mass is 357 g/mol. The molecule has 130 valence electrons. The average Bonchev–Trinajstić information content (AvgIpc) is 3.01. The van der Waals surface area contributed by atoms with Crippen LogP contribution < -0.4 is 0 Å². The van der Waals surface area contributed by atoms with Crippen LogP contribution in [0, 0.1) is 0 Å². The van der Waals surface area contributed by atoms with E-state index in [-0.39, 0.29) is 18.3 Å². The summed E-state index contributed by atoms with van der Waals surface area (Å²) in [5, 5.41) is 0.738. The van der Waals surface area contributed by atoms with Crippen LogP contribution in [-0.2, 0) is 27.4 Å². The molecule has 1 aromatic carbocycles. The minimum Gasteiger partial charge on any atom is -0.460 e. The first-order valence-corrected chi connectivity index (χ1v) is 8.89. The molecule has 0 atom stereocenters. The summed E-state index contributed by atoms with van der Waals surface area (Å²) in [6.45, 7) is 1.46. The van der Waals surface area contributed by atoms with Gasteiger partial charge in [0.15, 0.2) is 10.8 Å². The Balaban J connectivity index is 1.62. The number of carbonyl (C=O) groups excluding carboxylic acids is 1. The molecule has 0 spiro atoms. The molecule has 2 heterocycles. The lowest BCUT2D eigenvalue weighted by Gasteiger charge is -2.08. The van der Waals surface area contributed by atoms with Crippen LogP contribution in [0.3, 0.4) is 0 Å². The molecular formula is C18H19N3O3S. The highest BCUT2D eigenvalue weighted by molar-refractivity contribution is 7.99. The van der Waals surface area contributed by atoms with Gasteiger partial charge in [0.1, 0.15) is 12.1 Å². The summed E-state index contributed by atoms with van der Waals surface area (Å²) < 4.78 is 12.4. The van der Waals surface area contributed by atoms with Gasteiger partial charge in [-0.15, -0.1) is 0 Å². The molecule has 0 unspecified atom stereocenters. The largest absolute Gasteiger partial charge is 0.460 e. The normalized spacial score (nSPS) is 10.9. The van der Waals surface area contributed by atoms with E-state index in [1.807, 2.05) is 47.0 Å². The molecule has 0 N–H and O–H groups in total. The number of esters is 1. The molecule has 3 rings (SSSR count). The number of imidazole rings is 1. The number of thioether (sulfide) groups is 1. The summed E-state index contributed by atoms with van der Waals surface area (Å²) in [5.41, 5.74) is 2.57. The fourth-order valence-electron chi connectivity index (χ4n) is 2.34. The van der Waals surface area contributed by atoms with Crippen molar-refractivity contribution >= 4 is 28.9 Å². The molecule has 0 aliphatic heterocycles. The predicted molar refractivity (Wildman–Crippen MR) is 96.4 cm³/mol. The first-order valence-electron chi connectivity index (χ1n) is 7.90. The highest BCUT2D eigenvalue weighted by Crippen LogP contribution is 2.23. The van der Waals surface area contributed by atoms with E-state index in [0.717, 1.165) is 21.9 Å². The third-order valence-corrected chi connectivity index (χ3v) is 4.50. The van der Waals surface area contributed by atoms with Crippen LogP contribution in [-0.4, -0.2) is 40.0 Å². The number of carbonyl (C=O) groups is 1. The predicted octanol–water partition coefficient (Wildman–Crippen LogP) is 2.91. The van der Waals surface area contributed by atoms with E-state index in [2.05, 4.69) is 9.97 Å². The molecule has 3 aromatic rings. The zero-order valence-corrected chi connectivity index (χ0v) is 14.7. The lowest BCUT2D eigenvalue weighted by Crippen LogP contribution is -2.10. The van der Waals surface area contributed by atoms with Crippen LogP contribution >= 0.6 is 11.8 Å². The second-order valence-electron chi connectivity index (χ2n) is 5.32. The fraction of sp³-hybridized carbons (Fsp3) is 0.278. The van der Waals surface area contributed by atoms with Crippen molar-refractivity contribution in [2.75, 3.05) is 19.5 Å². The minimum absolute atomic E-state index is 0.198. The van der Waals surface area contributed by atoms with Crippen molar-refractivity contribution in [3.05, 3.63) is 54.2 Å². The molecule has 0 radical (unpaired) electrons. The van der Waals surface area contributed by atoms with E-state index in [1.54, 1.807) is 13.3 Å². The van der Waals surface area contributed by atoms with E-state index < -0.39 is 0 Å². The van der Waals surface area contributed by atoms with Crippen molar-refractivity contribution in [3.63, 3.8) is 0 Å². The van der Waals surface area contributed by atoms with Gasteiger partial charge in [-0.1, -0.05) is 42.1 Å². The average molecular weight is 357 g/mol. The van der Waals surface area contributed by atoms with Crippen molar-refractivity contribution in [3.8, 4) is 0 Å². The number of methoxy groups -OCH3 is 1. The van der Waals surface area contributed by atoms with Crippen molar-refractivity contribution in [2.24, 2.45) is 0 Å². The van der Waals surface area contributed by atoms with E-state index in [9.17, 15) is 4.79 Å². The van der Waals surface area contributed by atoms with Crippen molar-refractivity contribution in [2.45, 2.75) is 18.3 Å². The third-order valence-electron chi connectivity index (χ3n) is 3.55. The van der Waals surface area contributed by atoms with Gasteiger partial charge in [0.05, 0.1) is 18.9 Å². The van der Waals surface area contributed by atoms with Crippen molar-refractivity contribution in [1.82, 2.24) is 14.5 Å². The van der Waals surface area contributed by atoms with Crippen LogP contribution in [0.5, 0.6) is 0 Å². The molecule has 2 aromatic heterocycles. The van der Waals surface area contributed by atoms with Gasteiger partial charge in [0, 0.05) is 13.3 Å². The number of hydrogen-bond acceptors (Lipinski definition) is 6. The number of benzene rings is 1. The number of fused-ring (bicyclic) bond motifs is 1. The Hall–Kier alpha value is -2.38. The van der Waals surface area contributed by atoms with Gasteiger partial charge in [-0.25, -0.2) is 9.97 Å². The van der Waals surface area contributed by atoms with Gasteiger partial charge < -0.3 is 14.0 Å². The standard InChI is InChI=1S/C18H19N3O3S/c1-23-11-10-21-17-15(8-5-9-19-17)20-18(21)25-13-16(22)24-12-14-6-3-2-4-7-14/h2-9H,10-13H2,1H3. The highest BCUT2D eigenvalue weighted by Gasteiger charge is 2.14. The van der Waals surface area contributed by atoms with Gasteiger partial charge in [-0.05, 0) is 17.7 Å². The van der Waals surface area contributed by atoms with Crippen LogP contribution in [0.2, 0.25) is 0 Å². The third kappa shape index (κ3) is 4.58. The number of aromatic nitrogens is 3. The van der Waals surface area contributed by atoms with Gasteiger partial charge in [-0.3, -0.25) is 4.79 Å². The van der Waals surface area contributed by atoms with Gasteiger partial charge >= 0.3 is 5.97 Å². The summed E-state index contributed by atoms with van der Waals surface area (Å²) in [4.78, 5) is 20.9. The summed E-state index contributed by atoms with van der Waals surface area (Å²) in [6.07, 6.45) is 1.73. The molecule has 0 aliphatic rings. The second kappa shape index (κ2) is 8.64. The molecule has 0 saturated heterocycles. The Bertz CT molecular complexity index is 836. The van der Waals surface area contributed by atoms with Crippen molar-refractivity contribution in [1.29, 1.82) is 0 Å². The number of ether oxygens (including phenoxy) is 2. The van der Waals surface area contributed by atoms with Gasteiger partial charge in [-0.2, -0.15) is 0 Å². The van der Waals surface area contributed by atoms with Crippen LogP contribution in [0.4, 0.5) is 0 Å². The van der Waals surface area contributed by atoms with Crippen LogP contribution in [0.25, 0.3) is 11.2 Å². The Kier molecular flexibility index (Phi) is 6.03. The molecule has 7 heteroatoms. The Labute approximate surface area is 150 Å². The molecule has 25 heavy (non-hydrogen) atoms. The van der Waals surface area contributed by atoms with E-state index in [1.165, 1.54) is 11.8 Å². The number of hydrogen-bond donors (Lipinski definition) is 0. The van der Waals surface area contributed by atoms with Crippen molar-refractivity contribution < 1.29 is 14.3 Å². The molecule has 0 saturated carbocycles.